The van der Waals surface area contributed by atoms with Crippen molar-refractivity contribution in [2.45, 2.75) is 45.1 Å². The van der Waals surface area contributed by atoms with Crippen molar-refractivity contribution in [3.8, 4) is 11.5 Å². The molecule has 4 rings (SSSR count). The highest BCUT2D eigenvalue weighted by atomic mass is 32.2. The molecular formula is C27H35N5O5S. The summed E-state index contributed by atoms with van der Waals surface area (Å²) in [7, 11) is -3.19. The standard InChI is InChI=1S/C27H35N5O5S/c1-19(2)37-22-7-5-21(6-8-22)31-27(33)32-14-11-20(12-15-32)26-24-10-9-23(17-25(24)28-18-29-26)36-16-4-13-30-38(3,34)35/h5-10,17-20,30H,4,11-16H2,1-3H3,(H,31,33). The van der Waals surface area contributed by atoms with Gasteiger partial charge in [-0.1, -0.05) is 0 Å². The number of anilines is 1. The Morgan fingerprint density at radius 2 is 1.79 bits per heavy atom. The number of ether oxygens (including phenoxy) is 2. The van der Waals surface area contributed by atoms with Gasteiger partial charge in [0.1, 0.15) is 17.8 Å². The number of nitrogens with zero attached hydrogens (tertiary/aromatic N) is 3. The third-order valence-electron chi connectivity index (χ3n) is 6.24. The zero-order chi connectivity index (χ0) is 27.1. The Kier molecular flexibility index (Phi) is 9.01. The topological polar surface area (TPSA) is 123 Å². The fourth-order valence-corrected chi connectivity index (χ4v) is 4.96. The van der Waals surface area contributed by atoms with Crippen LogP contribution in [0.15, 0.2) is 48.8 Å². The number of piperidine rings is 1. The average molecular weight is 542 g/mol. The van der Waals surface area contributed by atoms with E-state index >= 15 is 0 Å². The first-order valence-electron chi connectivity index (χ1n) is 12.8. The lowest BCUT2D eigenvalue weighted by Gasteiger charge is -2.32. The molecule has 0 unspecified atom stereocenters. The van der Waals surface area contributed by atoms with Gasteiger partial charge in [0.15, 0.2) is 0 Å². The Morgan fingerprint density at radius 3 is 2.47 bits per heavy atom. The Hall–Kier alpha value is -3.44. The number of benzene rings is 2. The second-order valence-electron chi connectivity index (χ2n) is 9.69. The number of rotatable bonds is 10. The quantitative estimate of drug-likeness (QED) is 0.370. The van der Waals surface area contributed by atoms with Gasteiger partial charge < -0.3 is 19.7 Å². The number of hydrogen-bond acceptors (Lipinski definition) is 7. The van der Waals surface area contributed by atoms with Gasteiger partial charge in [0.25, 0.3) is 0 Å². The summed E-state index contributed by atoms with van der Waals surface area (Å²) < 4.78 is 36.2. The molecule has 1 aromatic heterocycles. The van der Waals surface area contributed by atoms with Crippen molar-refractivity contribution in [1.82, 2.24) is 19.6 Å². The molecule has 0 radical (unpaired) electrons. The summed E-state index contributed by atoms with van der Waals surface area (Å²) in [6.45, 7) is 5.95. The molecule has 1 saturated heterocycles. The Labute approximate surface area is 223 Å². The molecule has 1 aliphatic rings. The van der Waals surface area contributed by atoms with E-state index in [-0.39, 0.29) is 18.1 Å². The van der Waals surface area contributed by atoms with Crippen LogP contribution in [-0.4, -0.2) is 67.9 Å². The van der Waals surface area contributed by atoms with Crippen molar-refractivity contribution >= 4 is 32.6 Å². The monoisotopic (exact) mass is 541 g/mol. The molecule has 1 fully saturated rings. The molecule has 38 heavy (non-hydrogen) atoms. The van der Waals surface area contributed by atoms with E-state index in [0.29, 0.717) is 38.4 Å². The van der Waals surface area contributed by atoms with Gasteiger partial charge >= 0.3 is 6.03 Å². The summed E-state index contributed by atoms with van der Waals surface area (Å²) in [4.78, 5) is 23.7. The summed E-state index contributed by atoms with van der Waals surface area (Å²) in [5.41, 5.74) is 2.52. The number of amides is 2. The van der Waals surface area contributed by atoms with Crippen molar-refractivity contribution < 1.29 is 22.7 Å². The molecule has 0 saturated carbocycles. The first kappa shape index (κ1) is 27.6. The van der Waals surface area contributed by atoms with Crippen LogP contribution in [0.2, 0.25) is 0 Å². The van der Waals surface area contributed by atoms with E-state index in [0.717, 1.165) is 47.1 Å². The van der Waals surface area contributed by atoms with Crippen LogP contribution in [0.25, 0.3) is 10.9 Å². The van der Waals surface area contributed by atoms with Crippen molar-refractivity contribution in [2.75, 3.05) is 37.8 Å². The van der Waals surface area contributed by atoms with Crippen LogP contribution in [-0.2, 0) is 10.0 Å². The number of fused-ring (bicyclic) bond motifs is 1. The molecule has 11 heteroatoms. The van der Waals surface area contributed by atoms with Crippen LogP contribution >= 0.6 is 0 Å². The minimum Gasteiger partial charge on any atom is -0.493 e. The number of carbonyl (C=O) groups excluding carboxylic acids is 1. The number of nitrogens with one attached hydrogen (secondary N) is 2. The van der Waals surface area contributed by atoms with E-state index < -0.39 is 10.0 Å². The maximum absolute atomic E-state index is 12.8. The predicted octanol–water partition coefficient (Wildman–Crippen LogP) is 4.15. The second-order valence-corrected chi connectivity index (χ2v) is 11.5. The van der Waals surface area contributed by atoms with Crippen LogP contribution < -0.4 is 19.5 Å². The Bertz CT molecular complexity index is 1340. The van der Waals surface area contributed by atoms with Crippen molar-refractivity contribution in [3.63, 3.8) is 0 Å². The highest BCUT2D eigenvalue weighted by Gasteiger charge is 2.26. The number of likely N-dealkylation sites (tertiary alicyclic amines) is 1. The Balaban J connectivity index is 1.30. The van der Waals surface area contributed by atoms with Crippen LogP contribution in [0.5, 0.6) is 11.5 Å². The summed E-state index contributed by atoms with van der Waals surface area (Å²) >= 11 is 0. The number of urea groups is 1. The Morgan fingerprint density at radius 1 is 1.08 bits per heavy atom. The summed E-state index contributed by atoms with van der Waals surface area (Å²) in [6, 6.07) is 13.0. The highest BCUT2D eigenvalue weighted by molar-refractivity contribution is 7.88. The van der Waals surface area contributed by atoms with E-state index in [1.165, 1.54) is 0 Å². The van der Waals surface area contributed by atoms with Gasteiger partial charge in [-0.05, 0) is 69.5 Å². The molecule has 2 N–H and O–H groups in total. The molecule has 0 atom stereocenters. The molecule has 2 aromatic carbocycles. The predicted molar refractivity (Wildman–Crippen MR) is 147 cm³/mol. The van der Waals surface area contributed by atoms with Crippen LogP contribution in [0.3, 0.4) is 0 Å². The lowest BCUT2D eigenvalue weighted by Crippen LogP contribution is -2.40. The van der Waals surface area contributed by atoms with Gasteiger partial charge in [-0.3, -0.25) is 0 Å². The number of aromatic nitrogens is 2. The van der Waals surface area contributed by atoms with Gasteiger partial charge in [0.2, 0.25) is 10.0 Å². The van der Waals surface area contributed by atoms with Gasteiger partial charge in [0.05, 0.1) is 30.2 Å². The van der Waals surface area contributed by atoms with Crippen LogP contribution in [0, 0.1) is 0 Å². The minimum absolute atomic E-state index is 0.0992. The third kappa shape index (κ3) is 7.78. The molecule has 204 valence electrons. The molecule has 0 aliphatic carbocycles. The van der Waals surface area contributed by atoms with E-state index in [9.17, 15) is 13.2 Å². The van der Waals surface area contributed by atoms with E-state index in [4.69, 9.17) is 9.47 Å². The van der Waals surface area contributed by atoms with Crippen molar-refractivity contribution in [3.05, 3.63) is 54.5 Å². The van der Waals surface area contributed by atoms with E-state index in [1.807, 2.05) is 61.2 Å². The lowest BCUT2D eigenvalue weighted by molar-refractivity contribution is 0.194. The van der Waals surface area contributed by atoms with Crippen LogP contribution in [0.4, 0.5) is 10.5 Å². The second kappa shape index (κ2) is 12.4. The molecule has 0 spiro atoms. The summed E-state index contributed by atoms with van der Waals surface area (Å²) in [6.07, 6.45) is 4.99. The third-order valence-corrected chi connectivity index (χ3v) is 6.97. The maximum Gasteiger partial charge on any atom is 0.321 e. The average Bonchev–Trinajstić information content (AvgIpc) is 2.88. The first-order valence-corrected chi connectivity index (χ1v) is 14.7. The van der Waals surface area contributed by atoms with Crippen molar-refractivity contribution in [1.29, 1.82) is 0 Å². The summed E-state index contributed by atoms with van der Waals surface area (Å²) in [5, 5.41) is 3.95. The zero-order valence-electron chi connectivity index (χ0n) is 22.0. The molecule has 2 heterocycles. The van der Waals surface area contributed by atoms with Gasteiger partial charge in [0, 0.05) is 42.7 Å². The van der Waals surface area contributed by atoms with Crippen LogP contribution in [0.1, 0.15) is 44.7 Å². The number of carbonyl (C=O) groups is 1. The maximum atomic E-state index is 12.8. The number of hydrogen-bond donors (Lipinski definition) is 2. The van der Waals surface area contributed by atoms with Gasteiger partial charge in [-0.25, -0.2) is 27.9 Å². The van der Waals surface area contributed by atoms with Crippen molar-refractivity contribution in [2.24, 2.45) is 0 Å². The summed E-state index contributed by atoms with van der Waals surface area (Å²) in [5.74, 6) is 1.68. The SMILES string of the molecule is CC(C)Oc1ccc(NC(=O)N2CCC(c3ncnc4cc(OCCCNS(C)(=O)=O)ccc34)CC2)cc1. The molecular weight excluding hydrogens is 506 g/mol. The highest BCUT2D eigenvalue weighted by Crippen LogP contribution is 2.32. The molecule has 1 aliphatic heterocycles. The molecule has 0 bridgehead atoms. The number of sulfonamides is 1. The van der Waals surface area contributed by atoms with Gasteiger partial charge in [-0.15, -0.1) is 0 Å². The fourth-order valence-electron chi connectivity index (χ4n) is 4.44. The van der Waals surface area contributed by atoms with E-state index in [2.05, 4.69) is 20.0 Å². The zero-order valence-corrected chi connectivity index (χ0v) is 22.8. The lowest BCUT2D eigenvalue weighted by atomic mass is 9.91. The molecule has 10 nitrogen and oxygen atoms in total. The molecule has 3 aromatic rings. The largest absolute Gasteiger partial charge is 0.493 e. The first-order chi connectivity index (χ1) is 18.2. The molecule has 2 amide bonds. The normalized spacial score (nSPS) is 14.6. The minimum atomic E-state index is -3.19. The van der Waals surface area contributed by atoms with Gasteiger partial charge in [-0.2, -0.15) is 0 Å². The fraction of sp³-hybridized carbons (Fsp3) is 0.444. The smallest absolute Gasteiger partial charge is 0.321 e. The van der Waals surface area contributed by atoms with E-state index in [1.54, 1.807) is 6.33 Å².